The van der Waals surface area contributed by atoms with Crippen LogP contribution in [0.25, 0.3) is 0 Å². The summed E-state index contributed by atoms with van der Waals surface area (Å²) in [5.74, 6) is 0.388. The third-order valence-corrected chi connectivity index (χ3v) is 3.12. The van der Waals surface area contributed by atoms with Crippen LogP contribution in [0.1, 0.15) is 17.3 Å². The largest absolute Gasteiger partial charge is 0.478 e. The summed E-state index contributed by atoms with van der Waals surface area (Å²) in [7, 11) is 2.05. The standard InChI is InChI=1S/C14H21N3O3/c1-3-19-13-5-4-11(8-15-13)14(18)16-9-12-10-17(2)6-7-20-12/h4-5,8,12H,3,6-7,9-10H2,1-2H3,(H,16,18)/t12-/m1/s1. The Kier molecular flexibility index (Phi) is 5.31. The van der Waals surface area contributed by atoms with Crippen LogP contribution in [-0.4, -0.2) is 61.8 Å². The summed E-state index contributed by atoms with van der Waals surface area (Å²) in [6.07, 6.45) is 1.57. The van der Waals surface area contributed by atoms with Gasteiger partial charge in [-0.15, -0.1) is 0 Å². The molecule has 0 radical (unpaired) electrons. The van der Waals surface area contributed by atoms with E-state index in [-0.39, 0.29) is 12.0 Å². The van der Waals surface area contributed by atoms with Crippen molar-refractivity contribution in [2.75, 3.05) is 39.9 Å². The second-order valence-electron chi connectivity index (χ2n) is 4.78. The maximum atomic E-state index is 12.0. The van der Waals surface area contributed by atoms with Crippen molar-refractivity contribution in [3.8, 4) is 5.88 Å². The van der Waals surface area contributed by atoms with Gasteiger partial charge in [-0.25, -0.2) is 4.98 Å². The van der Waals surface area contributed by atoms with E-state index in [4.69, 9.17) is 9.47 Å². The van der Waals surface area contributed by atoms with Gasteiger partial charge in [0.2, 0.25) is 5.88 Å². The van der Waals surface area contributed by atoms with E-state index in [2.05, 4.69) is 15.2 Å². The second kappa shape index (κ2) is 7.21. The van der Waals surface area contributed by atoms with E-state index in [1.54, 1.807) is 12.1 Å². The van der Waals surface area contributed by atoms with E-state index in [0.29, 0.717) is 31.2 Å². The maximum Gasteiger partial charge on any atom is 0.252 e. The number of hydrogen-bond acceptors (Lipinski definition) is 5. The number of carbonyl (C=O) groups excluding carboxylic acids is 1. The van der Waals surface area contributed by atoms with Crippen LogP contribution in [0, 0.1) is 0 Å². The van der Waals surface area contributed by atoms with Gasteiger partial charge in [-0.1, -0.05) is 0 Å². The molecule has 0 spiro atoms. The van der Waals surface area contributed by atoms with Crippen LogP contribution >= 0.6 is 0 Å². The SMILES string of the molecule is CCOc1ccc(C(=O)NC[C@@H]2CN(C)CCO2)cn1. The monoisotopic (exact) mass is 279 g/mol. The fourth-order valence-corrected chi connectivity index (χ4v) is 2.05. The van der Waals surface area contributed by atoms with Crippen molar-refractivity contribution in [1.82, 2.24) is 15.2 Å². The van der Waals surface area contributed by atoms with Crippen LogP contribution in [0.5, 0.6) is 5.88 Å². The highest BCUT2D eigenvalue weighted by molar-refractivity contribution is 5.93. The second-order valence-corrected chi connectivity index (χ2v) is 4.78. The molecule has 1 amide bonds. The minimum Gasteiger partial charge on any atom is -0.478 e. The first-order valence-corrected chi connectivity index (χ1v) is 6.86. The van der Waals surface area contributed by atoms with Gasteiger partial charge in [0.1, 0.15) is 0 Å². The molecule has 1 aromatic heterocycles. The van der Waals surface area contributed by atoms with Gasteiger partial charge >= 0.3 is 0 Å². The molecule has 0 aliphatic carbocycles. The predicted molar refractivity (Wildman–Crippen MR) is 75.0 cm³/mol. The van der Waals surface area contributed by atoms with Crippen LogP contribution in [0.2, 0.25) is 0 Å². The van der Waals surface area contributed by atoms with Gasteiger partial charge in [0, 0.05) is 31.9 Å². The molecule has 1 aliphatic rings. The third kappa shape index (κ3) is 4.18. The summed E-state index contributed by atoms with van der Waals surface area (Å²) in [6.45, 7) is 5.45. The van der Waals surface area contributed by atoms with E-state index < -0.39 is 0 Å². The number of nitrogens with zero attached hydrogens (tertiary/aromatic N) is 2. The molecule has 0 saturated carbocycles. The zero-order valence-electron chi connectivity index (χ0n) is 12.0. The summed E-state index contributed by atoms with van der Waals surface area (Å²) in [5, 5.41) is 2.87. The number of hydrogen-bond donors (Lipinski definition) is 1. The molecule has 6 heteroatoms. The number of pyridine rings is 1. The molecule has 0 aromatic carbocycles. The van der Waals surface area contributed by atoms with Crippen LogP contribution in [-0.2, 0) is 4.74 Å². The Hall–Kier alpha value is -1.66. The molecule has 1 N–H and O–H groups in total. The number of aromatic nitrogens is 1. The van der Waals surface area contributed by atoms with Crippen molar-refractivity contribution < 1.29 is 14.3 Å². The van der Waals surface area contributed by atoms with Gasteiger partial charge in [0.25, 0.3) is 5.91 Å². The number of likely N-dealkylation sites (N-methyl/N-ethyl adjacent to an activating group) is 1. The molecule has 20 heavy (non-hydrogen) atoms. The third-order valence-electron chi connectivity index (χ3n) is 3.12. The fraction of sp³-hybridized carbons (Fsp3) is 0.571. The first kappa shape index (κ1) is 14.7. The molecule has 110 valence electrons. The zero-order valence-corrected chi connectivity index (χ0v) is 12.0. The molecule has 2 rings (SSSR count). The van der Waals surface area contributed by atoms with Crippen molar-refractivity contribution in [2.24, 2.45) is 0 Å². The van der Waals surface area contributed by atoms with Crippen LogP contribution < -0.4 is 10.1 Å². The average molecular weight is 279 g/mol. The highest BCUT2D eigenvalue weighted by Gasteiger charge is 2.18. The van der Waals surface area contributed by atoms with E-state index in [1.807, 2.05) is 14.0 Å². The molecule has 0 unspecified atom stereocenters. The Bertz CT molecular complexity index is 436. The summed E-state index contributed by atoms with van der Waals surface area (Å²) >= 11 is 0. The lowest BCUT2D eigenvalue weighted by molar-refractivity contribution is -0.0175. The van der Waals surface area contributed by atoms with Gasteiger partial charge in [-0.05, 0) is 20.0 Å². The van der Waals surface area contributed by atoms with Crippen molar-refractivity contribution in [3.63, 3.8) is 0 Å². The van der Waals surface area contributed by atoms with E-state index in [0.717, 1.165) is 13.1 Å². The Morgan fingerprint density at radius 3 is 3.10 bits per heavy atom. The van der Waals surface area contributed by atoms with Gasteiger partial charge in [0.05, 0.1) is 24.9 Å². The molecular formula is C14H21N3O3. The first-order valence-electron chi connectivity index (χ1n) is 6.86. The average Bonchev–Trinajstić information content (AvgIpc) is 2.46. The van der Waals surface area contributed by atoms with E-state index >= 15 is 0 Å². The fourth-order valence-electron chi connectivity index (χ4n) is 2.05. The summed E-state index contributed by atoms with van der Waals surface area (Å²) in [4.78, 5) is 18.2. The molecule has 1 aromatic rings. The van der Waals surface area contributed by atoms with Crippen molar-refractivity contribution in [2.45, 2.75) is 13.0 Å². The molecule has 1 aliphatic heterocycles. The molecular weight excluding hydrogens is 258 g/mol. The minimum atomic E-state index is -0.141. The summed E-state index contributed by atoms with van der Waals surface area (Å²) in [6, 6.07) is 3.41. The lowest BCUT2D eigenvalue weighted by Crippen LogP contribution is -2.45. The van der Waals surface area contributed by atoms with Crippen LogP contribution in [0.4, 0.5) is 0 Å². The van der Waals surface area contributed by atoms with Gasteiger partial charge in [-0.2, -0.15) is 0 Å². The van der Waals surface area contributed by atoms with Crippen molar-refractivity contribution >= 4 is 5.91 Å². The number of ether oxygens (including phenoxy) is 2. The number of morpholine rings is 1. The van der Waals surface area contributed by atoms with E-state index in [9.17, 15) is 4.79 Å². The van der Waals surface area contributed by atoms with Gasteiger partial charge in [0.15, 0.2) is 0 Å². The Morgan fingerprint density at radius 2 is 2.45 bits per heavy atom. The molecule has 6 nitrogen and oxygen atoms in total. The smallest absolute Gasteiger partial charge is 0.252 e. The molecule has 0 bridgehead atoms. The lowest BCUT2D eigenvalue weighted by atomic mass is 10.2. The number of carbonyl (C=O) groups is 1. The van der Waals surface area contributed by atoms with Crippen LogP contribution in [0.15, 0.2) is 18.3 Å². The first-order chi connectivity index (χ1) is 9.69. The topological polar surface area (TPSA) is 63.7 Å². The molecule has 2 heterocycles. The Labute approximate surface area is 119 Å². The van der Waals surface area contributed by atoms with Crippen molar-refractivity contribution in [1.29, 1.82) is 0 Å². The highest BCUT2D eigenvalue weighted by Crippen LogP contribution is 2.08. The molecule has 1 saturated heterocycles. The molecule has 1 fully saturated rings. The normalized spacial score (nSPS) is 19.6. The van der Waals surface area contributed by atoms with Gasteiger partial charge in [-0.3, -0.25) is 4.79 Å². The Morgan fingerprint density at radius 1 is 1.60 bits per heavy atom. The highest BCUT2D eigenvalue weighted by atomic mass is 16.5. The lowest BCUT2D eigenvalue weighted by Gasteiger charge is -2.30. The summed E-state index contributed by atoms with van der Waals surface area (Å²) in [5.41, 5.74) is 0.526. The number of amides is 1. The molecule has 1 atom stereocenters. The zero-order chi connectivity index (χ0) is 14.4. The van der Waals surface area contributed by atoms with Crippen molar-refractivity contribution in [3.05, 3.63) is 23.9 Å². The van der Waals surface area contributed by atoms with Gasteiger partial charge < -0.3 is 19.7 Å². The summed E-state index contributed by atoms with van der Waals surface area (Å²) < 4.78 is 10.8. The predicted octanol–water partition coefficient (Wildman–Crippen LogP) is 0.541. The van der Waals surface area contributed by atoms with Crippen LogP contribution in [0.3, 0.4) is 0 Å². The maximum absolute atomic E-state index is 12.0. The minimum absolute atomic E-state index is 0.0494. The van der Waals surface area contributed by atoms with E-state index in [1.165, 1.54) is 6.20 Å². The number of nitrogens with one attached hydrogen (secondary N) is 1. The quantitative estimate of drug-likeness (QED) is 0.852. The Balaban J connectivity index is 1.82. The number of rotatable bonds is 5.